The van der Waals surface area contributed by atoms with Gasteiger partial charge in [0.1, 0.15) is 6.29 Å². The van der Waals surface area contributed by atoms with Crippen molar-refractivity contribution in [2.24, 2.45) is 5.92 Å². The van der Waals surface area contributed by atoms with Crippen molar-refractivity contribution in [3.63, 3.8) is 0 Å². The van der Waals surface area contributed by atoms with Gasteiger partial charge in [-0.25, -0.2) is 0 Å². The molecule has 0 aromatic carbocycles. The molecule has 0 aliphatic rings. The molecule has 1 atom stereocenters. The van der Waals surface area contributed by atoms with Crippen LogP contribution >= 0.6 is 0 Å². The zero-order valence-corrected chi connectivity index (χ0v) is 6.84. The lowest BCUT2D eigenvalue weighted by atomic mass is 10.1. The third kappa shape index (κ3) is 5.54. The van der Waals surface area contributed by atoms with E-state index in [0.717, 1.165) is 25.5 Å². The highest BCUT2D eigenvalue weighted by Gasteiger charge is 1.96. The Bertz CT molecular complexity index is 105. The summed E-state index contributed by atoms with van der Waals surface area (Å²) in [5.41, 5.74) is 0. The first-order valence-corrected chi connectivity index (χ1v) is 3.87. The van der Waals surface area contributed by atoms with Crippen LogP contribution in [0, 0.1) is 5.92 Å². The summed E-state index contributed by atoms with van der Waals surface area (Å²) >= 11 is 0. The molecule has 0 amide bonds. The Morgan fingerprint density at radius 2 is 2.20 bits per heavy atom. The minimum atomic E-state index is 0.241. The zero-order valence-electron chi connectivity index (χ0n) is 6.84. The van der Waals surface area contributed by atoms with Crippen LogP contribution in [0.1, 0.15) is 33.1 Å². The number of carbonyl (C=O) groups is 1. The van der Waals surface area contributed by atoms with Crippen molar-refractivity contribution in [3.8, 4) is 0 Å². The van der Waals surface area contributed by atoms with Crippen LogP contribution in [0.25, 0.3) is 0 Å². The highest BCUT2D eigenvalue weighted by Crippen LogP contribution is 2.04. The maximum absolute atomic E-state index is 10.2. The Balaban J connectivity index is 3.11. The Morgan fingerprint density at radius 1 is 1.50 bits per heavy atom. The second kappa shape index (κ2) is 6.53. The van der Waals surface area contributed by atoms with E-state index in [2.05, 4.69) is 6.08 Å². The van der Waals surface area contributed by atoms with Crippen LogP contribution in [0.2, 0.25) is 0 Å². The van der Waals surface area contributed by atoms with Gasteiger partial charge in [0.2, 0.25) is 0 Å². The van der Waals surface area contributed by atoms with E-state index in [9.17, 15) is 4.79 Å². The monoisotopic (exact) mass is 140 g/mol. The summed E-state index contributed by atoms with van der Waals surface area (Å²) in [4.78, 5) is 10.2. The minimum Gasteiger partial charge on any atom is -0.303 e. The molecule has 58 valence electrons. The first-order chi connectivity index (χ1) is 4.81. The molecule has 0 aromatic rings. The standard InChI is InChI=1S/C9H16O/c1-3-4-5-6-7-9(2)8-10/h3-4,8-9H,5-7H2,1-2H3. The van der Waals surface area contributed by atoms with Crippen molar-refractivity contribution < 1.29 is 4.79 Å². The van der Waals surface area contributed by atoms with E-state index in [0.29, 0.717) is 0 Å². The van der Waals surface area contributed by atoms with E-state index in [-0.39, 0.29) is 5.92 Å². The van der Waals surface area contributed by atoms with Gasteiger partial charge in [-0.1, -0.05) is 19.1 Å². The Labute approximate surface area is 63.1 Å². The first-order valence-electron chi connectivity index (χ1n) is 3.87. The molecule has 0 fully saturated rings. The quantitative estimate of drug-likeness (QED) is 0.326. The molecule has 1 heteroatoms. The smallest absolute Gasteiger partial charge is 0.122 e. The van der Waals surface area contributed by atoms with Crippen molar-refractivity contribution in [2.45, 2.75) is 33.1 Å². The maximum atomic E-state index is 10.2. The fourth-order valence-corrected chi connectivity index (χ4v) is 0.792. The van der Waals surface area contributed by atoms with Crippen LogP contribution in [0.4, 0.5) is 0 Å². The molecule has 0 aromatic heterocycles. The van der Waals surface area contributed by atoms with Gasteiger partial charge in [0.25, 0.3) is 0 Å². The summed E-state index contributed by atoms with van der Waals surface area (Å²) in [5, 5.41) is 0. The summed E-state index contributed by atoms with van der Waals surface area (Å²) in [6, 6.07) is 0. The fraction of sp³-hybridized carbons (Fsp3) is 0.667. The van der Waals surface area contributed by atoms with Gasteiger partial charge < -0.3 is 4.79 Å². The molecular weight excluding hydrogens is 124 g/mol. The molecule has 0 radical (unpaired) electrons. The third-order valence-corrected chi connectivity index (χ3v) is 1.50. The van der Waals surface area contributed by atoms with Crippen LogP contribution in [-0.2, 0) is 4.79 Å². The molecular formula is C9H16O. The molecule has 0 spiro atoms. The number of allylic oxidation sites excluding steroid dienone is 2. The van der Waals surface area contributed by atoms with Gasteiger partial charge in [-0.15, -0.1) is 0 Å². The lowest BCUT2D eigenvalue weighted by molar-refractivity contribution is -0.110. The van der Waals surface area contributed by atoms with Gasteiger partial charge in [0, 0.05) is 5.92 Å². The number of rotatable bonds is 5. The molecule has 0 saturated heterocycles. The van der Waals surface area contributed by atoms with Crippen molar-refractivity contribution in [2.75, 3.05) is 0 Å². The molecule has 10 heavy (non-hydrogen) atoms. The molecule has 0 rings (SSSR count). The highest BCUT2D eigenvalue weighted by atomic mass is 16.1. The van der Waals surface area contributed by atoms with Crippen LogP contribution in [-0.4, -0.2) is 6.29 Å². The maximum Gasteiger partial charge on any atom is 0.122 e. The van der Waals surface area contributed by atoms with E-state index in [1.165, 1.54) is 0 Å². The summed E-state index contributed by atoms with van der Waals surface area (Å²) in [5.74, 6) is 0.241. The average Bonchev–Trinajstić information content (AvgIpc) is 1.98. The van der Waals surface area contributed by atoms with E-state index in [1.54, 1.807) is 0 Å². The van der Waals surface area contributed by atoms with E-state index in [4.69, 9.17) is 0 Å². The Hall–Kier alpha value is -0.590. The summed E-state index contributed by atoms with van der Waals surface area (Å²) in [6.07, 6.45) is 8.46. The molecule has 0 aliphatic carbocycles. The molecule has 0 saturated carbocycles. The normalized spacial score (nSPS) is 13.8. The van der Waals surface area contributed by atoms with Crippen molar-refractivity contribution >= 4 is 6.29 Å². The number of unbranched alkanes of at least 4 members (excludes halogenated alkanes) is 1. The second-order valence-corrected chi connectivity index (χ2v) is 2.61. The number of hydrogen-bond donors (Lipinski definition) is 0. The Kier molecular flexibility index (Phi) is 6.14. The molecule has 1 unspecified atom stereocenters. The van der Waals surface area contributed by atoms with Crippen LogP contribution in [0.3, 0.4) is 0 Å². The summed E-state index contributed by atoms with van der Waals surface area (Å²) < 4.78 is 0. The highest BCUT2D eigenvalue weighted by molar-refractivity contribution is 5.52. The molecule has 0 N–H and O–H groups in total. The molecule has 0 heterocycles. The lowest BCUT2D eigenvalue weighted by Gasteiger charge is -1.98. The summed E-state index contributed by atoms with van der Waals surface area (Å²) in [7, 11) is 0. The van der Waals surface area contributed by atoms with Gasteiger partial charge in [-0.2, -0.15) is 0 Å². The predicted octanol–water partition coefficient (Wildman–Crippen LogP) is 2.57. The van der Waals surface area contributed by atoms with E-state index < -0.39 is 0 Å². The molecule has 1 nitrogen and oxygen atoms in total. The number of aldehydes is 1. The van der Waals surface area contributed by atoms with Crippen LogP contribution in [0.15, 0.2) is 12.2 Å². The predicted molar refractivity (Wildman–Crippen MR) is 43.9 cm³/mol. The van der Waals surface area contributed by atoms with Crippen LogP contribution < -0.4 is 0 Å². The average molecular weight is 140 g/mol. The van der Waals surface area contributed by atoms with Gasteiger partial charge in [0.05, 0.1) is 0 Å². The SMILES string of the molecule is CC=CCCCC(C)C=O. The molecule has 0 aliphatic heterocycles. The first kappa shape index (κ1) is 9.41. The minimum absolute atomic E-state index is 0.241. The van der Waals surface area contributed by atoms with Gasteiger partial charge >= 0.3 is 0 Å². The summed E-state index contributed by atoms with van der Waals surface area (Å²) in [6.45, 7) is 3.98. The third-order valence-electron chi connectivity index (χ3n) is 1.50. The zero-order chi connectivity index (χ0) is 7.82. The van der Waals surface area contributed by atoms with E-state index in [1.807, 2.05) is 19.9 Å². The number of hydrogen-bond acceptors (Lipinski definition) is 1. The Morgan fingerprint density at radius 3 is 2.70 bits per heavy atom. The fourth-order valence-electron chi connectivity index (χ4n) is 0.792. The van der Waals surface area contributed by atoms with Crippen molar-refractivity contribution in [1.82, 2.24) is 0 Å². The van der Waals surface area contributed by atoms with Gasteiger partial charge in [0.15, 0.2) is 0 Å². The van der Waals surface area contributed by atoms with Crippen LogP contribution in [0.5, 0.6) is 0 Å². The van der Waals surface area contributed by atoms with Crippen molar-refractivity contribution in [3.05, 3.63) is 12.2 Å². The van der Waals surface area contributed by atoms with Crippen molar-refractivity contribution in [1.29, 1.82) is 0 Å². The molecule has 0 bridgehead atoms. The number of carbonyl (C=O) groups excluding carboxylic acids is 1. The lowest BCUT2D eigenvalue weighted by Crippen LogP contribution is -1.93. The van der Waals surface area contributed by atoms with E-state index >= 15 is 0 Å². The van der Waals surface area contributed by atoms with Gasteiger partial charge in [-0.05, 0) is 26.2 Å². The van der Waals surface area contributed by atoms with Gasteiger partial charge in [-0.3, -0.25) is 0 Å². The second-order valence-electron chi connectivity index (χ2n) is 2.61. The largest absolute Gasteiger partial charge is 0.303 e. The topological polar surface area (TPSA) is 17.1 Å².